The average Bonchev–Trinajstić information content (AvgIpc) is 2.31. The molecule has 1 heterocycles. The van der Waals surface area contributed by atoms with Crippen LogP contribution in [-0.2, 0) is 4.79 Å². The predicted octanol–water partition coefficient (Wildman–Crippen LogP) is 3.75. The quantitative estimate of drug-likeness (QED) is 0.784. The number of halogens is 2. The lowest BCUT2D eigenvalue weighted by atomic mass is 9.94. The number of pyridine rings is 1. The molecule has 0 N–H and O–H groups in total. The first kappa shape index (κ1) is 14.1. The van der Waals surface area contributed by atoms with Crippen LogP contribution in [0.5, 0.6) is 0 Å². The van der Waals surface area contributed by atoms with E-state index in [1.165, 1.54) is 0 Å². The lowest BCUT2D eigenvalue weighted by molar-refractivity contribution is -0.108. The van der Waals surface area contributed by atoms with Crippen molar-refractivity contribution in [2.75, 3.05) is 0 Å². The van der Waals surface area contributed by atoms with Gasteiger partial charge in [-0.25, -0.2) is 0 Å². The fraction of sp³-hybridized carbons (Fsp3) is 0.0769. The summed E-state index contributed by atoms with van der Waals surface area (Å²) in [5, 5.41) is 0. The van der Waals surface area contributed by atoms with Crippen LogP contribution in [0.1, 0.15) is 17.0 Å². The first-order valence-corrected chi connectivity index (χ1v) is 5.71. The maximum absolute atomic E-state index is 11.2. The maximum Gasteiger partial charge on any atom is 0.131 e. The molecule has 2 rings (SSSR count). The predicted molar refractivity (Wildman–Crippen MR) is 76.6 cm³/mol. The molecule has 0 aliphatic carbocycles. The minimum absolute atomic E-state index is 0. The zero-order valence-corrected chi connectivity index (χ0v) is 12.2. The van der Waals surface area contributed by atoms with Gasteiger partial charge < -0.3 is 4.79 Å². The van der Waals surface area contributed by atoms with Gasteiger partial charge in [0.05, 0.1) is 5.92 Å². The Hall–Kier alpha value is -1.00. The standard InChI is InChI=1S/C13H10BrNO.BrH/c14-12-5-1-3-10(7-12)13(9-16)11-4-2-6-15-8-11;/h1-9,13H;1H. The second-order valence-electron chi connectivity index (χ2n) is 3.46. The molecule has 0 spiro atoms. The highest BCUT2D eigenvalue weighted by molar-refractivity contribution is 9.10. The van der Waals surface area contributed by atoms with Crippen molar-refractivity contribution in [2.45, 2.75) is 5.92 Å². The number of benzene rings is 1. The number of carbonyl (C=O) groups is 1. The van der Waals surface area contributed by atoms with Gasteiger partial charge in [-0.1, -0.05) is 34.1 Å². The highest BCUT2D eigenvalue weighted by Crippen LogP contribution is 2.24. The van der Waals surface area contributed by atoms with Crippen LogP contribution >= 0.6 is 32.9 Å². The molecule has 0 saturated heterocycles. The first-order valence-electron chi connectivity index (χ1n) is 4.92. The molecule has 17 heavy (non-hydrogen) atoms. The van der Waals surface area contributed by atoms with Crippen LogP contribution < -0.4 is 0 Å². The first-order chi connectivity index (χ1) is 7.81. The average molecular weight is 357 g/mol. The number of aldehydes is 1. The highest BCUT2D eigenvalue weighted by atomic mass is 79.9. The highest BCUT2D eigenvalue weighted by Gasteiger charge is 2.12. The second-order valence-corrected chi connectivity index (χ2v) is 4.37. The summed E-state index contributed by atoms with van der Waals surface area (Å²) in [6.45, 7) is 0. The third-order valence-electron chi connectivity index (χ3n) is 2.39. The van der Waals surface area contributed by atoms with E-state index in [4.69, 9.17) is 0 Å². The van der Waals surface area contributed by atoms with Crippen LogP contribution in [0.25, 0.3) is 0 Å². The van der Waals surface area contributed by atoms with Crippen molar-refractivity contribution in [3.8, 4) is 0 Å². The molecule has 1 atom stereocenters. The smallest absolute Gasteiger partial charge is 0.131 e. The van der Waals surface area contributed by atoms with Crippen molar-refractivity contribution in [3.63, 3.8) is 0 Å². The summed E-state index contributed by atoms with van der Waals surface area (Å²) in [6.07, 6.45) is 4.37. The van der Waals surface area contributed by atoms with Crippen molar-refractivity contribution in [1.29, 1.82) is 0 Å². The number of carbonyl (C=O) groups excluding carboxylic acids is 1. The molecule has 88 valence electrons. The summed E-state index contributed by atoms with van der Waals surface area (Å²) in [4.78, 5) is 15.2. The molecule has 0 aliphatic rings. The van der Waals surface area contributed by atoms with Gasteiger partial charge in [0.2, 0.25) is 0 Å². The van der Waals surface area contributed by atoms with Crippen LogP contribution in [0.4, 0.5) is 0 Å². The van der Waals surface area contributed by atoms with Gasteiger partial charge in [-0.15, -0.1) is 17.0 Å². The summed E-state index contributed by atoms with van der Waals surface area (Å²) in [6, 6.07) is 11.5. The summed E-state index contributed by atoms with van der Waals surface area (Å²) < 4.78 is 0.973. The molecular formula is C13H11Br2NO. The van der Waals surface area contributed by atoms with E-state index in [0.29, 0.717) is 0 Å². The Bertz CT molecular complexity index is 488. The second kappa shape index (κ2) is 6.67. The maximum atomic E-state index is 11.2. The Morgan fingerprint density at radius 3 is 2.53 bits per heavy atom. The normalized spacial score (nSPS) is 11.4. The summed E-state index contributed by atoms with van der Waals surface area (Å²) in [5.41, 5.74) is 1.88. The van der Waals surface area contributed by atoms with E-state index >= 15 is 0 Å². The van der Waals surface area contributed by atoms with Crippen LogP contribution in [0, 0.1) is 0 Å². The van der Waals surface area contributed by atoms with Gasteiger partial charge in [0.15, 0.2) is 0 Å². The molecule has 1 unspecified atom stereocenters. The van der Waals surface area contributed by atoms with Crippen LogP contribution in [0.2, 0.25) is 0 Å². The zero-order valence-electron chi connectivity index (χ0n) is 8.92. The van der Waals surface area contributed by atoms with E-state index in [-0.39, 0.29) is 22.9 Å². The summed E-state index contributed by atoms with van der Waals surface area (Å²) in [7, 11) is 0. The molecule has 1 aromatic heterocycles. The Balaban J connectivity index is 0.00000144. The lowest BCUT2D eigenvalue weighted by Gasteiger charge is -2.10. The Morgan fingerprint density at radius 1 is 1.18 bits per heavy atom. The largest absolute Gasteiger partial charge is 0.302 e. The number of nitrogens with zero attached hydrogens (tertiary/aromatic N) is 1. The van der Waals surface area contributed by atoms with Crippen LogP contribution in [0.3, 0.4) is 0 Å². The SMILES string of the molecule is Br.O=CC(c1cccnc1)c1cccc(Br)c1. The fourth-order valence-corrected chi connectivity index (χ4v) is 2.03. The van der Waals surface area contributed by atoms with E-state index in [9.17, 15) is 4.79 Å². The van der Waals surface area contributed by atoms with Gasteiger partial charge in [-0.2, -0.15) is 0 Å². The van der Waals surface area contributed by atoms with Crippen molar-refractivity contribution >= 4 is 39.2 Å². The van der Waals surface area contributed by atoms with Crippen molar-refractivity contribution in [2.24, 2.45) is 0 Å². The third kappa shape index (κ3) is 3.48. The van der Waals surface area contributed by atoms with Crippen molar-refractivity contribution < 1.29 is 4.79 Å². The van der Waals surface area contributed by atoms with Gasteiger partial charge in [0, 0.05) is 16.9 Å². The molecular weight excluding hydrogens is 346 g/mol. The molecule has 0 aliphatic heterocycles. The third-order valence-corrected chi connectivity index (χ3v) is 2.88. The molecule has 0 amide bonds. The number of rotatable bonds is 3. The number of hydrogen-bond acceptors (Lipinski definition) is 2. The Morgan fingerprint density at radius 2 is 1.94 bits per heavy atom. The number of hydrogen-bond donors (Lipinski definition) is 0. The topological polar surface area (TPSA) is 30.0 Å². The van der Waals surface area contributed by atoms with Gasteiger partial charge in [0.25, 0.3) is 0 Å². The minimum atomic E-state index is -0.244. The molecule has 0 bridgehead atoms. The van der Waals surface area contributed by atoms with E-state index in [1.807, 2.05) is 36.4 Å². The number of aromatic nitrogens is 1. The molecule has 2 nitrogen and oxygen atoms in total. The Labute approximate surface area is 119 Å². The monoisotopic (exact) mass is 355 g/mol. The van der Waals surface area contributed by atoms with Crippen molar-refractivity contribution in [1.82, 2.24) is 4.98 Å². The van der Waals surface area contributed by atoms with E-state index in [2.05, 4.69) is 20.9 Å². The Kier molecular flexibility index (Phi) is 5.51. The molecule has 1 aromatic carbocycles. The van der Waals surface area contributed by atoms with E-state index in [0.717, 1.165) is 21.9 Å². The lowest BCUT2D eigenvalue weighted by Crippen LogP contribution is -2.02. The van der Waals surface area contributed by atoms with E-state index in [1.54, 1.807) is 12.4 Å². The van der Waals surface area contributed by atoms with Crippen LogP contribution in [0.15, 0.2) is 53.3 Å². The summed E-state index contributed by atoms with van der Waals surface area (Å²) >= 11 is 3.40. The minimum Gasteiger partial charge on any atom is -0.302 e. The molecule has 0 fully saturated rings. The molecule has 4 heteroatoms. The zero-order chi connectivity index (χ0) is 11.4. The van der Waals surface area contributed by atoms with Gasteiger partial charge >= 0.3 is 0 Å². The molecule has 2 aromatic rings. The molecule has 0 radical (unpaired) electrons. The summed E-state index contributed by atoms with van der Waals surface area (Å²) in [5.74, 6) is -0.244. The van der Waals surface area contributed by atoms with E-state index < -0.39 is 0 Å². The van der Waals surface area contributed by atoms with Gasteiger partial charge in [0.1, 0.15) is 6.29 Å². The van der Waals surface area contributed by atoms with Gasteiger partial charge in [-0.3, -0.25) is 4.98 Å². The fourth-order valence-electron chi connectivity index (χ4n) is 1.61. The van der Waals surface area contributed by atoms with Crippen molar-refractivity contribution in [3.05, 3.63) is 64.4 Å². The van der Waals surface area contributed by atoms with Crippen LogP contribution in [-0.4, -0.2) is 11.3 Å². The molecule has 0 saturated carbocycles. The van der Waals surface area contributed by atoms with Gasteiger partial charge in [-0.05, 0) is 29.3 Å².